The van der Waals surface area contributed by atoms with E-state index in [0.29, 0.717) is 42.6 Å². The molecule has 0 spiro atoms. The molecule has 8 nitrogen and oxygen atoms in total. The Labute approximate surface area is 216 Å². The summed E-state index contributed by atoms with van der Waals surface area (Å²) in [6, 6.07) is 5.12. The van der Waals surface area contributed by atoms with Gasteiger partial charge in [0.05, 0.1) is 17.3 Å². The van der Waals surface area contributed by atoms with Crippen LogP contribution in [0.3, 0.4) is 0 Å². The van der Waals surface area contributed by atoms with E-state index >= 15 is 0 Å². The molecule has 36 heavy (non-hydrogen) atoms. The molecule has 4 rings (SSSR count). The van der Waals surface area contributed by atoms with E-state index in [1.54, 1.807) is 4.90 Å². The minimum absolute atomic E-state index is 0.165. The lowest BCUT2D eigenvalue weighted by Gasteiger charge is -2.34. The lowest BCUT2D eigenvalue weighted by molar-refractivity contribution is -0.135. The fourth-order valence-corrected chi connectivity index (χ4v) is 5.13. The molecule has 192 valence electrons. The number of hydrogen-bond acceptors (Lipinski definition) is 5. The molecule has 2 aliphatic rings. The number of nitrogens with one attached hydrogen (secondary N) is 1. The van der Waals surface area contributed by atoms with Gasteiger partial charge in [0.2, 0.25) is 5.91 Å². The van der Waals surface area contributed by atoms with E-state index in [-0.39, 0.29) is 17.2 Å². The number of carbonyl (C=O) groups excluding carboxylic acids is 2. The van der Waals surface area contributed by atoms with Crippen molar-refractivity contribution in [3.8, 4) is 17.5 Å². The van der Waals surface area contributed by atoms with Gasteiger partial charge in [-0.05, 0) is 56.5 Å². The number of aromatic nitrogens is 2. The summed E-state index contributed by atoms with van der Waals surface area (Å²) in [5, 5.41) is 12.8. The second-order valence-electron chi connectivity index (χ2n) is 10.7. The second-order valence-corrected chi connectivity index (χ2v) is 11.1. The smallest absolute Gasteiger partial charge is 0.272 e. The highest BCUT2D eigenvalue weighted by atomic mass is 35.5. The summed E-state index contributed by atoms with van der Waals surface area (Å²) in [6.45, 7) is 7.95. The maximum absolute atomic E-state index is 14.8. The van der Waals surface area contributed by atoms with E-state index in [4.69, 9.17) is 11.6 Å². The standard InChI is InChI=1S/C26H32ClFN6O2/c1-26(2,3)22(25(36)33-11-5-7-17(33)14-29)31-24(35)21-20-15-32(4)10-6-12-34(20)23(30-21)18-13-16(27)8-9-19(18)28/h8-9,13,17,22H,5-7,10-12,15H2,1-4H3,(H,31,35)/t17-,22-/m1/s1. The van der Waals surface area contributed by atoms with E-state index in [2.05, 4.69) is 21.3 Å². The van der Waals surface area contributed by atoms with Crippen molar-refractivity contribution < 1.29 is 14.0 Å². The maximum Gasteiger partial charge on any atom is 0.272 e. The first-order valence-corrected chi connectivity index (χ1v) is 12.6. The van der Waals surface area contributed by atoms with Crippen LogP contribution in [0.15, 0.2) is 18.2 Å². The molecule has 1 aromatic carbocycles. The highest BCUT2D eigenvalue weighted by molar-refractivity contribution is 6.30. The van der Waals surface area contributed by atoms with Crippen LogP contribution in [0.25, 0.3) is 11.4 Å². The van der Waals surface area contributed by atoms with Crippen molar-refractivity contribution in [3.63, 3.8) is 0 Å². The lowest BCUT2D eigenvalue weighted by Crippen LogP contribution is -2.55. The van der Waals surface area contributed by atoms with Crippen molar-refractivity contribution in [1.82, 2.24) is 24.7 Å². The number of likely N-dealkylation sites (tertiary alicyclic amines) is 1. The molecule has 1 fully saturated rings. The number of nitrogens with zero attached hydrogens (tertiary/aromatic N) is 5. The lowest BCUT2D eigenvalue weighted by atomic mass is 9.85. The van der Waals surface area contributed by atoms with Crippen LogP contribution in [0.4, 0.5) is 4.39 Å². The van der Waals surface area contributed by atoms with Crippen molar-refractivity contribution in [2.24, 2.45) is 5.41 Å². The predicted molar refractivity (Wildman–Crippen MR) is 135 cm³/mol. The Hall–Kier alpha value is -2.96. The number of rotatable bonds is 4. The molecule has 0 radical (unpaired) electrons. The zero-order valence-corrected chi connectivity index (χ0v) is 21.9. The van der Waals surface area contributed by atoms with Crippen molar-refractivity contribution in [2.45, 2.75) is 65.2 Å². The number of amides is 2. The van der Waals surface area contributed by atoms with Gasteiger partial charge in [0.25, 0.3) is 5.91 Å². The van der Waals surface area contributed by atoms with Gasteiger partial charge in [0.15, 0.2) is 5.69 Å². The van der Waals surface area contributed by atoms with Gasteiger partial charge in [-0.1, -0.05) is 32.4 Å². The Kier molecular flexibility index (Phi) is 7.39. The number of halogens is 2. The summed E-state index contributed by atoms with van der Waals surface area (Å²) >= 11 is 6.16. The predicted octanol–water partition coefficient (Wildman–Crippen LogP) is 3.84. The quantitative estimate of drug-likeness (QED) is 0.669. The Morgan fingerprint density at radius 1 is 1.25 bits per heavy atom. The molecule has 0 aliphatic carbocycles. The molecule has 2 aliphatic heterocycles. The number of nitriles is 1. The van der Waals surface area contributed by atoms with Crippen LogP contribution >= 0.6 is 11.6 Å². The second kappa shape index (κ2) is 10.2. The molecule has 1 aromatic heterocycles. The highest BCUT2D eigenvalue weighted by Gasteiger charge is 2.40. The average molecular weight is 515 g/mol. The fraction of sp³-hybridized carbons (Fsp3) is 0.538. The number of hydrogen-bond donors (Lipinski definition) is 1. The average Bonchev–Trinajstić information content (AvgIpc) is 3.38. The summed E-state index contributed by atoms with van der Waals surface area (Å²) in [5.41, 5.74) is 0.450. The van der Waals surface area contributed by atoms with Crippen LogP contribution in [-0.2, 0) is 17.9 Å². The van der Waals surface area contributed by atoms with Gasteiger partial charge < -0.3 is 19.7 Å². The van der Waals surface area contributed by atoms with E-state index in [1.807, 2.05) is 32.4 Å². The third kappa shape index (κ3) is 5.11. The molecule has 1 saturated heterocycles. The van der Waals surface area contributed by atoms with Gasteiger partial charge in [0, 0.05) is 24.7 Å². The Balaban J connectivity index is 1.74. The van der Waals surface area contributed by atoms with Gasteiger partial charge in [0.1, 0.15) is 23.7 Å². The third-order valence-electron chi connectivity index (χ3n) is 6.87. The van der Waals surface area contributed by atoms with Crippen molar-refractivity contribution in [1.29, 1.82) is 5.26 Å². The molecule has 0 bridgehead atoms. The van der Waals surface area contributed by atoms with Crippen LogP contribution in [0.2, 0.25) is 5.02 Å². The first-order valence-electron chi connectivity index (χ1n) is 12.3. The molecule has 2 atom stereocenters. The Morgan fingerprint density at radius 3 is 2.69 bits per heavy atom. The zero-order chi connectivity index (χ0) is 26.2. The molecule has 2 aromatic rings. The maximum atomic E-state index is 14.8. The van der Waals surface area contributed by atoms with Crippen LogP contribution < -0.4 is 5.32 Å². The van der Waals surface area contributed by atoms with Gasteiger partial charge in [-0.15, -0.1) is 0 Å². The van der Waals surface area contributed by atoms with Crippen LogP contribution in [0.5, 0.6) is 0 Å². The third-order valence-corrected chi connectivity index (χ3v) is 7.11. The largest absolute Gasteiger partial charge is 0.338 e. The van der Waals surface area contributed by atoms with E-state index < -0.39 is 29.2 Å². The molecular weight excluding hydrogens is 483 g/mol. The molecule has 10 heteroatoms. The van der Waals surface area contributed by atoms with Crippen LogP contribution in [0, 0.1) is 22.6 Å². The molecule has 2 amide bonds. The minimum Gasteiger partial charge on any atom is -0.338 e. The summed E-state index contributed by atoms with van der Waals surface area (Å²) in [6.07, 6.45) is 2.19. The molecule has 1 N–H and O–H groups in total. The van der Waals surface area contributed by atoms with Crippen LogP contribution in [0.1, 0.15) is 56.2 Å². The van der Waals surface area contributed by atoms with Crippen molar-refractivity contribution in [3.05, 3.63) is 40.4 Å². The zero-order valence-electron chi connectivity index (χ0n) is 21.1. The summed E-state index contributed by atoms with van der Waals surface area (Å²) < 4.78 is 16.7. The van der Waals surface area contributed by atoms with Gasteiger partial charge in [-0.25, -0.2) is 9.37 Å². The SMILES string of the molecule is CN1CCCn2c(-c3cc(Cl)ccc3F)nc(C(=O)N[C@H](C(=O)N3CCC[C@@H]3C#N)C(C)(C)C)c2C1. The fourth-order valence-electron chi connectivity index (χ4n) is 4.96. The monoisotopic (exact) mass is 514 g/mol. The molecule has 0 saturated carbocycles. The Bertz CT molecular complexity index is 1210. The number of imidazole rings is 1. The number of benzene rings is 1. The summed E-state index contributed by atoms with van der Waals surface area (Å²) in [4.78, 5) is 35.5. The molecule has 0 unspecified atom stereocenters. The molecular formula is C26H32ClFN6O2. The minimum atomic E-state index is -0.855. The number of fused-ring (bicyclic) bond motifs is 1. The van der Waals surface area contributed by atoms with Crippen LogP contribution in [-0.4, -0.2) is 63.4 Å². The first-order chi connectivity index (χ1) is 17.0. The summed E-state index contributed by atoms with van der Waals surface area (Å²) in [7, 11) is 1.96. The van der Waals surface area contributed by atoms with Crippen molar-refractivity contribution in [2.75, 3.05) is 20.1 Å². The molecule has 3 heterocycles. The van der Waals surface area contributed by atoms with E-state index in [1.165, 1.54) is 18.2 Å². The summed E-state index contributed by atoms with van der Waals surface area (Å²) in [5.74, 6) is -0.906. The van der Waals surface area contributed by atoms with E-state index in [0.717, 1.165) is 19.4 Å². The van der Waals surface area contributed by atoms with Gasteiger partial charge in [-0.3, -0.25) is 9.59 Å². The highest BCUT2D eigenvalue weighted by Crippen LogP contribution is 2.31. The topological polar surface area (TPSA) is 94.3 Å². The van der Waals surface area contributed by atoms with Crippen molar-refractivity contribution >= 4 is 23.4 Å². The number of carbonyl (C=O) groups is 2. The first kappa shape index (κ1) is 26.1. The van der Waals surface area contributed by atoms with Gasteiger partial charge in [-0.2, -0.15) is 5.26 Å². The van der Waals surface area contributed by atoms with Gasteiger partial charge >= 0.3 is 0 Å². The Morgan fingerprint density at radius 2 is 2.00 bits per heavy atom. The normalized spacial score (nSPS) is 19.4. The van der Waals surface area contributed by atoms with E-state index in [9.17, 15) is 19.2 Å².